The summed E-state index contributed by atoms with van der Waals surface area (Å²) in [4.78, 5) is 15.6. The highest BCUT2D eigenvalue weighted by Crippen LogP contribution is 2.45. The van der Waals surface area contributed by atoms with Crippen LogP contribution in [0.2, 0.25) is 5.28 Å². The van der Waals surface area contributed by atoms with E-state index in [2.05, 4.69) is 25.3 Å². The van der Waals surface area contributed by atoms with Crippen LogP contribution in [0, 0.1) is 11.8 Å². The van der Waals surface area contributed by atoms with Crippen LogP contribution in [0.25, 0.3) is 11.5 Å². The third kappa shape index (κ3) is 2.89. The second-order valence-electron chi connectivity index (χ2n) is 5.69. The Kier molecular flexibility index (Phi) is 3.57. The largest absolute Gasteiger partial charge is 0.433 e. The Morgan fingerprint density at radius 3 is 2.54 bits per heavy atom. The summed E-state index contributed by atoms with van der Waals surface area (Å²) < 4.78 is 43.7. The van der Waals surface area contributed by atoms with Gasteiger partial charge in [-0.3, -0.25) is 0 Å². The molecule has 1 saturated heterocycles. The highest BCUT2D eigenvalue weighted by molar-refractivity contribution is 6.28. The first kappa shape index (κ1) is 15.5. The summed E-state index contributed by atoms with van der Waals surface area (Å²) in [6, 6.07) is 3.72. The molecule has 2 aromatic rings. The van der Waals surface area contributed by atoms with Gasteiger partial charge in [0.15, 0.2) is 5.82 Å². The molecule has 24 heavy (non-hydrogen) atoms. The first-order chi connectivity index (χ1) is 11.4. The van der Waals surface area contributed by atoms with Crippen LogP contribution in [-0.2, 0) is 10.9 Å². The van der Waals surface area contributed by atoms with Gasteiger partial charge in [0, 0.05) is 17.9 Å². The Hall–Kier alpha value is -2.00. The van der Waals surface area contributed by atoms with Crippen molar-refractivity contribution in [2.24, 2.45) is 11.8 Å². The molecule has 1 aliphatic carbocycles. The lowest BCUT2D eigenvalue weighted by Crippen LogP contribution is -2.15. The maximum atomic E-state index is 12.8. The van der Waals surface area contributed by atoms with Crippen LogP contribution in [0.3, 0.4) is 0 Å². The number of alkyl halides is 3. The second kappa shape index (κ2) is 5.52. The summed E-state index contributed by atoms with van der Waals surface area (Å²) in [7, 11) is 0. The molecule has 1 saturated carbocycles. The molecule has 0 spiro atoms. The average molecular weight is 358 g/mol. The van der Waals surface area contributed by atoms with Gasteiger partial charge in [-0.15, -0.1) is 0 Å². The van der Waals surface area contributed by atoms with Gasteiger partial charge in [-0.05, 0) is 23.7 Å². The fraction of sp³-hybridized carbons (Fsp3) is 0.429. The first-order valence-electron chi connectivity index (χ1n) is 7.22. The molecule has 1 aliphatic heterocycles. The van der Waals surface area contributed by atoms with Crippen molar-refractivity contribution in [1.82, 2.24) is 19.9 Å². The van der Waals surface area contributed by atoms with Crippen LogP contribution < -0.4 is 5.32 Å². The predicted octanol–water partition coefficient (Wildman–Crippen LogP) is 2.66. The molecular weight excluding hydrogens is 347 g/mol. The van der Waals surface area contributed by atoms with Gasteiger partial charge in [-0.1, -0.05) is 6.07 Å². The van der Waals surface area contributed by atoms with E-state index in [9.17, 15) is 13.2 Å². The van der Waals surface area contributed by atoms with Gasteiger partial charge in [0.2, 0.25) is 11.2 Å². The van der Waals surface area contributed by atoms with Crippen LogP contribution >= 0.6 is 11.6 Å². The Bertz CT molecular complexity index is 777. The lowest BCUT2D eigenvalue weighted by molar-refractivity contribution is -0.141. The van der Waals surface area contributed by atoms with E-state index in [1.54, 1.807) is 0 Å². The Balaban J connectivity index is 1.61. The van der Waals surface area contributed by atoms with Gasteiger partial charge >= 0.3 is 6.18 Å². The van der Waals surface area contributed by atoms with Gasteiger partial charge in [-0.25, -0.2) is 4.98 Å². The zero-order chi connectivity index (χ0) is 16.9. The summed E-state index contributed by atoms with van der Waals surface area (Å²) in [5.74, 6) is 1.04. The molecule has 4 rings (SSSR count). The highest BCUT2D eigenvalue weighted by Gasteiger charge is 2.54. The summed E-state index contributed by atoms with van der Waals surface area (Å²) in [5.41, 5.74) is -1.03. The standard InChI is InChI=1S/C14H11ClF3N5O/c15-12-21-11(8-2-1-3-9(19-8)14(16,17)18)22-13(23-12)20-10-6-4-24-5-7(6)10/h1-3,6-7,10H,4-5H2,(H,20,21,22,23). The van der Waals surface area contributed by atoms with Crippen molar-refractivity contribution in [3.63, 3.8) is 0 Å². The number of halogens is 4. The van der Waals surface area contributed by atoms with Crippen molar-refractivity contribution in [2.45, 2.75) is 12.2 Å². The number of aromatic nitrogens is 4. The van der Waals surface area contributed by atoms with E-state index in [4.69, 9.17) is 16.3 Å². The number of pyridine rings is 1. The number of nitrogens with one attached hydrogen (secondary N) is 1. The summed E-state index contributed by atoms with van der Waals surface area (Å²) in [6.07, 6.45) is -4.54. The molecule has 2 atom stereocenters. The molecule has 0 aromatic carbocycles. The second-order valence-corrected chi connectivity index (χ2v) is 6.03. The van der Waals surface area contributed by atoms with Gasteiger partial charge in [0.25, 0.3) is 0 Å². The fourth-order valence-electron chi connectivity index (χ4n) is 2.85. The zero-order valence-corrected chi connectivity index (χ0v) is 12.8. The quantitative estimate of drug-likeness (QED) is 0.910. The SMILES string of the molecule is FC(F)(F)c1cccc(-c2nc(Cl)nc(NC3C4COCC43)n2)n1. The van der Waals surface area contributed by atoms with E-state index < -0.39 is 11.9 Å². The molecule has 10 heteroatoms. The van der Waals surface area contributed by atoms with Crippen LogP contribution in [0.5, 0.6) is 0 Å². The zero-order valence-electron chi connectivity index (χ0n) is 12.1. The van der Waals surface area contributed by atoms with Crippen LogP contribution in [0.1, 0.15) is 5.69 Å². The van der Waals surface area contributed by atoms with Crippen molar-refractivity contribution in [3.05, 3.63) is 29.2 Å². The molecule has 2 aromatic heterocycles. The molecular formula is C14H11ClF3N5O. The lowest BCUT2D eigenvalue weighted by atomic mass is 10.3. The number of fused-ring (bicyclic) bond motifs is 1. The third-order valence-electron chi connectivity index (χ3n) is 4.12. The fourth-order valence-corrected chi connectivity index (χ4v) is 3.01. The Morgan fingerprint density at radius 1 is 1.08 bits per heavy atom. The molecule has 0 radical (unpaired) electrons. The topological polar surface area (TPSA) is 72.8 Å². The van der Waals surface area contributed by atoms with E-state index in [1.165, 1.54) is 12.1 Å². The minimum Gasteiger partial charge on any atom is -0.381 e. The van der Waals surface area contributed by atoms with Gasteiger partial charge in [0.1, 0.15) is 11.4 Å². The number of rotatable bonds is 3. The number of hydrogen-bond donors (Lipinski definition) is 1. The van der Waals surface area contributed by atoms with Crippen LogP contribution in [0.4, 0.5) is 19.1 Å². The van der Waals surface area contributed by atoms with Crippen molar-refractivity contribution in [3.8, 4) is 11.5 Å². The third-order valence-corrected chi connectivity index (χ3v) is 4.29. The van der Waals surface area contributed by atoms with Crippen molar-refractivity contribution in [1.29, 1.82) is 0 Å². The molecule has 0 amide bonds. The van der Waals surface area contributed by atoms with Crippen molar-refractivity contribution >= 4 is 17.5 Å². The highest BCUT2D eigenvalue weighted by atomic mass is 35.5. The molecule has 0 bridgehead atoms. The average Bonchev–Trinajstić information content (AvgIpc) is 2.95. The molecule has 2 aliphatic rings. The molecule has 3 heterocycles. The normalized spacial score (nSPS) is 25.4. The Labute approximate surface area is 139 Å². The summed E-state index contributed by atoms with van der Waals surface area (Å²) in [5, 5.41) is 3.03. The lowest BCUT2D eigenvalue weighted by Gasteiger charge is -2.10. The summed E-state index contributed by atoms with van der Waals surface area (Å²) in [6.45, 7) is 1.37. The maximum Gasteiger partial charge on any atom is 0.433 e. The predicted molar refractivity (Wildman–Crippen MR) is 78.3 cm³/mol. The molecule has 126 valence electrons. The molecule has 6 nitrogen and oxygen atoms in total. The minimum atomic E-state index is -4.54. The molecule has 2 unspecified atom stereocenters. The van der Waals surface area contributed by atoms with Gasteiger partial charge < -0.3 is 10.1 Å². The van der Waals surface area contributed by atoms with E-state index in [-0.39, 0.29) is 28.8 Å². The monoisotopic (exact) mass is 357 g/mol. The number of hydrogen-bond acceptors (Lipinski definition) is 6. The van der Waals surface area contributed by atoms with Crippen molar-refractivity contribution < 1.29 is 17.9 Å². The number of anilines is 1. The smallest absolute Gasteiger partial charge is 0.381 e. The van der Waals surface area contributed by atoms with E-state index in [0.29, 0.717) is 25.0 Å². The van der Waals surface area contributed by atoms with Crippen LogP contribution in [0.15, 0.2) is 18.2 Å². The van der Waals surface area contributed by atoms with Crippen LogP contribution in [-0.4, -0.2) is 39.2 Å². The Morgan fingerprint density at radius 2 is 1.83 bits per heavy atom. The van der Waals surface area contributed by atoms with E-state index >= 15 is 0 Å². The number of ether oxygens (including phenoxy) is 1. The van der Waals surface area contributed by atoms with E-state index in [1.807, 2.05) is 0 Å². The van der Waals surface area contributed by atoms with Gasteiger partial charge in [0.05, 0.1) is 13.2 Å². The minimum absolute atomic E-state index is 0.00865. The maximum absolute atomic E-state index is 12.8. The van der Waals surface area contributed by atoms with E-state index in [0.717, 1.165) is 6.07 Å². The first-order valence-corrected chi connectivity index (χ1v) is 7.60. The van der Waals surface area contributed by atoms with Gasteiger partial charge in [-0.2, -0.15) is 28.1 Å². The van der Waals surface area contributed by atoms with Crippen molar-refractivity contribution in [2.75, 3.05) is 18.5 Å². The summed E-state index contributed by atoms with van der Waals surface area (Å²) >= 11 is 5.88. The number of nitrogens with zero attached hydrogens (tertiary/aromatic N) is 4. The molecule has 1 N–H and O–H groups in total. The molecule has 2 fully saturated rings.